The first-order valence-electron chi connectivity index (χ1n) is 7.01. The summed E-state index contributed by atoms with van der Waals surface area (Å²) in [5.41, 5.74) is 1.45. The quantitative estimate of drug-likeness (QED) is 0.854. The molecular weight excluding hydrogens is 260 g/mol. The van der Waals surface area contributed by atoms with Crippen molar-refractivity contribution in [2.24, 2.45) is 0 Å². The maximum Gasteiger partial charge on any atom is 0.251 e. The minimum atomic E-state index is -0.0578. The summed E-state index contributed by atoms with van der Waals surface area (Å²) >= 11 is 5.99. The van der Waals surface area contributed by atoms with Gasteiger partial charge in [0.1, 0.15) is 5.15 Å². The van der Waals surface area contributed by atoms with Crippen LogP contribution in [0, 0.1) is 0 Å². The zero-order valence-electron chi connectivity index (χ0n) is 11.6. The molecule has 1 saturated carbocycles. The van der Waals surface area contributed by atoms with Gasteiger partial charge in [-0.2, -0.15) is 0 Å². The first-order chi connectivity index (χ1) is 9.02. The maximum absolute atomic E-state index is 12.3. The van der Waals surface area contributed by atoms with Crippen LogP contribution < -0.4 is 5.32 Å². The molecule has 1 fully saturated rings. The highest BCUT2D eigenvalue weighted by Crippen LogP contribution is 2.29. The van der Waals surface area contributed by atoms with E-state index >= 15 is 0 Å². The fourth-order valence-electron chi connectivity index (χ4n) is 2.69. The molecule has 1 N–H and O–H groups in total. The van der Waals surface area contributed by atoms with E-state index in [2.05, 4.69) is 24.1 Å². The van der Waals surface area contributed by atoms with Gasteiger partial charge in [-0.25, -0.2) is 4.98 Å². The molecule has 2 rings (SSSR count). The lowest BCUT2D eigenvalue weighted by molar-refractivity contribution is 0.0908. The highest BCUT2D eigenvalue weighted by Gasteiger charge is 2.30. The van der Waals surface area contributed by atoms with Gasteiger partial charge in [0.2, 0.25) is 0 Å². The number of nitrogens with one attached hydrogen (secondary N) is 1. The van der Waals surface area contributed by atoms with Crippen LogP contribution in [-0.4, -0.2) is 16.4 Å². The van der Waals surface area contributed by atoms with E-state index in [4.69, 9.17) is 11.6 Å². The third kappa shape index (κ3) is 3.69. The number of hydrogen-bond acceptors (Lipinski definition) is 2. The largest absolute Gasteiger partial charge is 0.347 e. The van der Waals surface area contributed by atoms with Crippen molar-refractivity contribution in [1.82, 2.24) is 10.3 Å². The fourth-order valence-corrected chi connectivity index (χ4v) is 2.92. The summed E-state index contributed by atoms with van der Waals surface area (Å²) in [7, 11) is 0. The Morgan fingerprint density at radius 2 is 2.11 bits per heavy atom. The number of carbonyl (C=O) groups is 1. The lowest BCUT2D eigenvalue weighted by Gasteiger charge is -2.25. The Labute approximate surface area is 119 Å². The van der Waals surface area contributed by atoms with Crippen LogP contribution in [0.4, 0.5) is 0 Å². The molecule has 0 bridgehead atoms. The smallest absolute Gasteiger partial charge is 0.251 e. The highest BCUT2D eigenvalue weighted by atomic mass is 35.5. The summed E-state index contributed by atoms with van der Waals surface area (Å²) in [6.07, 6.45) is 6.33. The Bertz CT molecular complexity index is 467. The van der Waals surface area contributed by atoms with Crippen molar-refractivity contribution in [3.8, 4) is 0 Å². The van der Waals surface area contributed by atoms with Crippen molar-refractivity contribution in [3.05, 3.63) is 28.5 Å². The van der Waals surface area contributed by atoms with E-state index in [1.165, 1.54) is 12.8 Å². The number of carbonyl (C=O) groups excluding carboxylic acids is 1. The molecule has 0 spiro atoms. The molecule has 1 aromatic rings. The summed E-state index contributed by atoms with van der Waals surface area (Å²) < 4.78 is 0. The maximum atomic E-state index is 12.3. The Hall–Kier alpha value is -1.09. The number of halogens is 1. The molecule has 1 aliphatic carbocycles. The molecule has 0 aliphatic heterocycles. The van der Waals surface area contributed by atoms with E-state index in [0.717, 1.165) is 31.4 Å². The lowest BCUT2D eigenvalue weighted by atomic mass is 10.00. The third-order valence-corrected chi connectivity index (χ3v) is 3.93. The van der Waals surface area contributed by atoms with Gasteiger partial charge in [0.25, 0.3) is 5.91 Å². The van der Waals surface area contributed by atoms with E-state index in [-0.39, 0.29) is 11.4 Å². The molecule has 0 aromatic carbocycles. The molecule has 1 aromatic heterocycles. The average Bonchev–Trinajstić information content (AvgIpc) is 2.75. The predicted octanol–water partition coefficient (Wildman–Crippen LogP) is 3.75. The minimum Gasteiger partial charge on any atom is -0.347 e. The zero-order chi connectivity index (χ0) is 13.9. The van der Waals surface area contributed by atoms with Gasteiger partial charge in [-0.3, -0.25) is 4.79 Å². The SMILES string of the molecule is CCCc1cc(C(=O)NC2(C)CCCC2)cc(Cl)n1. The first-order valence-corrected chi connectivity index (χ1v) is 7.39. The van der Waals surface area contributed by atoms with Gasteiger partial charge in [-0.05, 0) is 38.3 Å². The normalized spacial score (nSPS) is 17.4. The average molecular weight is 281 g/mol. The van der Waals surface area contributed by atoms with Crippen LogP contribution in [-0.2, 0) is 6.42 Å². The Kier molecular flexibility index (Phi) is 4.46. The van der Waals surface area contributed by atoms with E-state index < -0.39 is 0 Å². The summed E-state index contributed by atoms with van der Waals surface area (Å²) in [5.74, 6) is -0.0361. The second-order valence-corrected chi connectivity index (χ2v) is 6.03. The van der Waals surface area contributed by atoms with E-state index in [1.807, 2.05) is 6.07 Å². The van der Waals surface area contributed by atoms with Gasteiger partial charge in [0, 0.05) is 16.8 Å². The second kappa shape index (κ2) is 5.91. The van der Waals surface area contributed by atoms with E-state index in [1.54, 1.807) is 6.07 Å². The van der Waals surface area contributed by atoms with Crippen molar-refractivity contribution in [3.63, 3.8) is 0 Å². The molecular formula is C15H21ClN2O. The van der Waals surface area contributed by atoms with Crippen LogP contribution in [0.2, 0.25) is 5.15 Å². The van der Waals surface area contributed by atoms with Crippen molar-refractivity contribution in [2.45, 2.75) is 57.9 Å². The standard InChI is InChI=1S/C15H21ClN2O/c1-3-6-12-9-11(10-13(16)17-12)14(19)18-15(2)7-4-5-8-15/h9-10H,3-8H2,1-2H3,(H,18,19). The van der Waals surface area contributed by atoms with Crippen molar-refractivity contribution >= 4 is 17.5 Å². The fraction of sp³-hybridized carbons (Fsp3) is 0.600. The monoisotopic (exact) mass is 280 g/mol. The zero-order valence-corrected chi connectivity index (χ0v) is 12.4. The number of aryl methyl sites for hydroxylation is 1. The molecule has 0 saturated heterocycles. The lowest BCUT2D eigenvalue weighted by Crippen LogP contribution is -2.43. The van der Waals surface area contributed by atoms with Crippen LogP contribution >= 0.6 is 11.6 Å². The van der Waals surface area contributed by atoms with Gasteiger partial charge in [-0.1, -0.05) is 37.8 Å². The number of hydrogen-bond donors (Lipinski definition) is 1. The molecule has 1 amide bonds. The number of nitrogens with zero attached hydrogens (tertiary/aromatic N) is 1. The van der Waals surface area contributed by atoms with Gasteiger partial charge >= 0.3 is 0 Å². The molecule has 104 valence electrons. The Morgan fingerprint density at radius 1 is 1.42 bits per heavy atom. The molecule has 4 heteroatoms. The van der Waals surface area contributed by atoms with Gasteiger partial charge in [0.15, 0.2) is 0 Å². The predicted molar refractivity (Wildman–Crippen MR) is 77.6 cm³/mol. The van der Waals surface area contributed by atoms with Crippen LogP contribution in [0.1, 0.15) is 62.0 Å². The van der Waals surface area contributed by atoms with E-state index in [0.29, 0.717) is 10.7 Å². The number of aromatic nitrogens is 1. The van der Waals surface area contributed by atoms with Crippen LogP contribution in [0.15, 0.2) is 12.1 Å². The molecule has 19 heavy (non-hydrogen) atoms. The number of amides is 1. The van der Waals surface area contributed by atoms with E-state index in [9.17, 15) is 4.79 Å². The first kappa shape index (κ1) is 14.3. The summed E-state index contributed by atoms with van der Waals surface area (Å²) in [4.78, 5) is 16.6. The molecule has 3 nitrogen and oxygen atoms in total. The summed E-state index contributed by atoms with van der Waals surface area (Å²) in [5, 5.41) is 3.54. The van der Waals surface area contributed by atoms with Crippen molar-refractivity contribution in [2.75, 3.05) is 0 Å². The summed E-state index contributed by atoms with van der Waals surface area (Å²) in [6, 6.07) is 3.50. The molecule has 1 heterocycles. The molecule has 0 radical (unpaired) electrons. The van der Waals surface area contributed by atoms with Crippen LogP contribution in [0.3, 0.4) is 0 Å². The van der Waals surface area contributed by atoms with Gasteiger partial charge in [0.05, 0.1) is 0 Å². The van der Waals surface area contributed by atoms with Crippen molar-refractivity contribution in [1.29, 1.82) is 0 Å². The number of pyridine rings is 1. The molecule has 1 aliphatic rings. The molecule has 0 atom stereocenters. The molecule has 0 unspecified atom stereocenters. The van der Waals surface area contributed by atoms with Gasteiger partial charge < -0.3 is 5.32 Å². The van der Waals surface area contributed by atoms with Crippen LogP contribution in [0.25, 0.3) is 0 Å². The minimum absolute atomic E-state index is 0.0361. The number of rotatable bonds is 4. The van der Waals surface area contributed by atoms with Crippen LogP contribution in [0.5, 0.6) is 0 Å². The highest BCUT2D eigenvalue weighted by molar-refractivity contribution is 6.29. The topological polar surface area (TPSA) is 42.0 Å². The van der Waals surface area contributed by atoms with Crippen molar-refractivity contribution < 1.29 is 4.79 Å². The van der Waals surface area contributed by atoms with Gasteiger partial charge in [-0.15, -0.1) is 0 Å². The third-order valence-electron chi connectivity index (χ3n) is 3.74. The Morgan fingerprint density at radius 3 is 2.74 bits per heavy atom. The second-order valence-electron chi connectivity index (χ2n) is 5.64. The Balaban J connectivity index is 2.14. The summed E-state index contributed by atoms with van der Waals surface area (Å²) in [6.45, 7) is 4.20.